The number of hydrogen-bond donors (Lipinski definition) is 2. The van der Waals surface area contributed by atoms with Gasteiger partial charge < -0.3 is 24.9 Å². The third kappa shape index (κ3) is 3.96. The smallest absolute Gasteiger partial charge is 0.408 e. The van der Waals surface area contributed by atoms with Crippen LogP contribution >= 0.6 is 0 Å². The summed E-state index contributed by atoms with van der Waals surface area (Å²) in [5, 5.41) is 19.6. The van der Waals surface area contributed by atoms with Gasteiger partial charge in [0, 0.05) is 40.3 Å². The summed E-state index contributed by atoms with van der Waals surface area (Å²) in [6, 6.07) is -1.41. The van der Waals surface area contributed by atoms with E-state index in [9.17, 15) is 24.6 Å². The molecule has 0 aromatic carbocycles. The molecule has 2 heterocycles. The maximum absolute atomic E-state index is 12.8. The largest absolute Gasteiger partial charge is 0.465 e. The fourth-order valence-corrected chi connectivity index (χ4v) is 4.50. The first-order valence-electron chi connectivity index (χ1n) is 10.1. The van der Waals surface area contributed by atoms with Crippen LogP contribution in [0.15, 0.2) is 0 Å². The fraction of sp³-hybridized carbons (Fsp3) is 0.842. The van der Waals surface area contributed by atoms with Crippen LogP contribution in [0.25, 0.3) is 0 Å². The average molecular weight is 396 g/mol. The van der Waals surface area contributed by atoms with E-state index >= 15 is 0 Å². The summed E-state index contributed by atoms with van der Waals surface area (Å²) in [5.74, 6) is -0.481. The van der Waals surface area contributed by atoms with Gasteiger partial charge in [-0.05, 0) is 44.6 Å². The molecule has 9 nitrogen and oxygen atoms in total. The molecular formula is C19H32N4O5. The molecule has 3 aliphatic rings. The third-order valence-corrected chi connectivity index (χ3v) is 6.71. The summed E-state index contributed by atoms with van der Waals surface area (Å²) < 4.78 is 0. The highest BCUT2D eigenvalue weighted by Crippen LogP contribution is 2.53. The number of nitrogens with zero attached hydrogens (tertiary/aromatic N) is 4. The molecule has 9 heteroatoms. The Labute approximate surface area is 165 Å². The van der Waals surface area contributed by atoms with Crippen molar-refractivity contribution in [1.82, 2.24) is 19.6 Å². The van der Waals surface area contributed by atoms with Crippen LogP contribution in [0.5, 0.6) is 0 Å². The van der Waals surface area contributed by atoms with Gasteiger partial charge in [0.1, 0.15) is 12.1 Å². The molecular weight excluding hydrogens is 364 g/mol. The van der Waals surface area contributed by atoms with Crippen molar-refractivity contribution in [2.24, 2.45) is 5.41 Å². The number of amides is 3. The zero-order valence-corrected chi connectivity index (χ0v) is 17.0. The standard InChI is InChI=1S/C19H32N4O5/c1-13-16(25)23(11-10-22(13)18(27)28)14(17(26)20(2)3)4-8-21-9-7-19(5-6-19)15(24)12-21/h13-15,24H,4-12H2,1-3H3,(H,27,28)/t13?,14-,15?/m0/s1. The number of β-amino-alcohol motifs (C(OH)–C–C–N with tert-alkyl or cyclic N) is 1. The SMILES string of the molecule is CC1C(=O)N([C@@H](CCN2CCC3(CC3)C(O)C2)C(=O)N(C)C)CCN1C(=O)O. The molecule has 158 valence electrons. The van der Waals surface area contributed by atoms with Gasteiger partial charge in [0.2, 0.25) is 11.8 Å². The van der Waals surface area contributed by atoms with Crippen molar-refractivity contribution in [2.75, 3.05) is 46.8 Å². The Morgan fingerprint density at radius 1 is 1.21 bits per heavy atom. The van der Waals surface area contributed by atoms with Gasteiger partial charge in [0.15, 0.2) is 0 Å². The summed E-state index contributed by atoms with van der Waals surface area (Å²) >= 11 is 0. The van der Waals surface area contributed by atoms with Gasteiger partial charge in [0.05, 0.1) is 6.10 Å². The lowest BCUT2D eigenvalue weighted by atomic mass is 9.90. The predicted molar refractivity (Wildman–Crippen MR) is 102 cm³/mol. The molecule has 3 fully saturated rings. The quantitative estimate of drug-likeness (QED) is 0.672. The van der Waals surface area contributed by atoms with Crippen LogP contribution in [0.4, 0.5) is 4.79 Å². The normalized spacial score (nSPS) is 28.4. The second-order valence-electron chi connectivity index (χ2n) is 8.65. The molecule has 3 amide bonds. The van der Waals surface area contributed by atoms with E-state index in [-0.39, 0.29) is 36.4 Å². The van der Waals surface area contributed by atoms with E-state index in [1.54, 1.807) is 21.0 Å². The Kier molecular flexibility index (Phi) is 5.86. The molecule has 1 saturated carbocycles. The van der Waals surface area contributed by atoms with Crippen LogP contribution in [0.1, 0.15) is 32.6 Å². The van der Waals surface area contributed by atoms with Crippen molar-refractivity contribution in [3.63, 3.8) is 0 Å². The number of carbonyl (C=O) groups excluding carboxylic acids is 2. The number of piperidine rings is 1. The minimum Gasteiger partial charge on any atom is -0.465 e. The Hall–Kier alpha value is -1.87. The summed E-state index contributed by atoms with van der Waals surface area (Å²) in [6.45, 7) is 4.11. The summed E-state index contributed by atoms with van der Waals surface area (Å²) in [6.07, 6.45) is 2.22. The molecule has 0 bridgehead atoms. The number of hydrogen-bond acceptors (Lipinski definition) is 5. The van der Waals surface area contributed by atoms with E-state index in [0.29, 0.717) is 19.5 Å². The highest BCUT2D eigenvalue weighted by Gasteiger charge is 2.51. The van der Waals surface area contributed by atoms with Crippen LogP contribution in [0.2, 0.25) is 0 Å². The van der Waals surface area contributed by atoms with Gasteiger partial charge in [-0.15, -0.1) is 0 Å². The van der Waals surface area contributed by atoms with E-state index < -0.39 is 18.2 Å². The van der Waals surface area contributed by atoms with Crippen molar-refractivity contribution >= 4 is 17.9 Å². The first kappa shape index (κ1) is 20.9. The lowest BCUT2D eigenvalue weighted by Crippen LogP contribution is -2.62. The molecule has 3 rings (SSSR count). The van der Waals surface area contributed by atoms with Gasteiger partial charge in [-0.2, -0.15) is 0 Å². The van der Waals surface area contributed by atoms with E-state index in [1.165, 1.54) is 9.80 Å². The van der Waals surface area contributed by atoms with E-state index in [2.05, 4.69) is 4.90 Å². The van der Waals surface area contributed by atoms with Crippen LogP contribution in [0, 0.1) is 5.41 Å². The maximum Gasteiger partial charge on any atom is 0.408 e. The van der Waals surface area contributed by atoms with Crippen molar-refractivity contribution in [2.45, 2.75) is 50.8 Å². The maximum atomic E-state index is 12.8. The molecule has 2 N–H and O–H groups in total. The van der Waals surface area contributed by atoms with Crippen molar-refractivity contribution in [3.05, 3.63) is 0 Å². The molecule has 28 heavy (non-hydrogen) atoms. The molecule has 2 aliphatic heterocycles. The van der Waals surface area contributed by atoms with E-state index in [1.807, 2.05) is 0 Å². The highest BCUT2D eigenvalue weighted by molar-refractivity contribution is 5.91. The van der Waals surface area contributed by atoms with Gasteiger partial charge in [-0.3, -0.25) is 14.5 Å². The van der Waals surface area contributed by atoms with Crippen LogP contribution in [-0.4, -0.2) is 113 Å². The Morgan fingerprint density at radius 3 is 2.43 bits per heavy atom. The van der Waals surface area contributed by atoms with Gasteiger partial charge >= 0.3 is 6.09 Å². The van der Waals surface area contributed by atoms with Crippen molar-refractivity contribution in [1.29, 1.82) is 0 Å². The minimum atomic E-state index is -1.12. The van der Waals surface area contributed by atoms with Gasteiger partial charge in [-0.1, -0.05) is 0 Å². The number of carbonyl (C=O) groups is 3. The Morgan fingerprint density at radius 2 is 1.89 bits per heavy atom. The molecule has 3 atom stereocenters. The first-order chi connectivity index (χ1) is 13.2. The molecule has 0 radical (unpaired) electrons. The lowest BCUT2D eigenvalue weighted by Gasteiger charge is -2.42. The van der Waals surface area contributed by atoms with Crippen molar-refractivity contribution < 1.29 is 24.6 Å². The lowest BCUT2D eigenvalue weighted by molar-refractivity contribution is -0.151. The molecule has 0 aromatic heterocycles. The zero-order valence-electron chi connectivity index (χ0n) is 17.0. The molecule has 2 unspecified atom stereocenters. The monoisotopic (exact) mass is 396 g/mol. The second kappa shape index (κ2) is 7.87. The minimum absolute atomic E-state index is 0.133. The van der Waals surface area contributed by atoms with Gasteiger partial charge in [-0.25, -0.2) is 4.79 Å². The number of aliphatic hydroxyl groups is 1. The van der Waals surface area contributed by atoms with E-state index in [4.69, 9.17) is 0 Å². The zero-order chi connectivity index (χ0) is 20.6. The Bertz CT molecular complexity index is 636. The van der Waals surface area contributed by atoms with Crippen molar-refractivity contribution in [3.8, 4) is 0 Å². The molecule has 2 saturated heterocycles. The van der Waals surface area contributed by atoms with E-state index in [0.717, 1.165) is 30.7 Å². The Balaban J connectivity index is 1.65. The first-order valence-corrected chi connectivity index (χ1v) is 10.1. The number of piperazine rings is 1. The molecule has 1 spiro atoms. The average Bonchev–Trinajstić information content (AvgIpc) is 3.42. The summed E-state index contributed by atoms with van der Waals surface area (Å²) in [5.41, 5.74) is 0.133. The predicted octanol–water partition coefficient (Wildman–Crippen LogP) is -0.109. The molecule has 1 aliphatic carbocycles. The topological polar surface area (TPSA) is 105 Å². The number of likely N-dealkylation sites (tertiary alicyclic amines) is 1. The number of rotatable bonds is 5. The van der Waals surface area contributed by atoms with Crippen LogP contribution < -0.4 is 0 Å². The van der Waals surface area contributed by atoms with Gasteiger partial charge in [0.25, 0.3) is 0 Å². The molecule has 0 aromatic rings. The second-order valence-corrected chi connectivity index (χ2v) is 8.65. The summed E-state index contributed by atoms with van der Waals surface area (Å²) in [4.78, 5) is 43.2. The highest BCUT2D eigenvalue weighted by atomic mass is 16.4. The number of likely N-dealkylation sites (N-methyl/N-ethyl adjacent to an activating group) is 1. The summed E-state index contributed by atoms with van der Waals surface area (Å²) in [7, 11) is 3.33. The fourth-order valence-electron chi connectivity index (χ4n) is 4.50. The number of aliphatic hydroxyl groups excluding tert-OH is 1. The number of carboxylic acid groups (broad SMARTS) is 1. The third-order valence-electron chi connectivity index (χ3n) is 6.71. The van der Waals surface area contributed by atoms with Crippen LogP contribution in [0.3, 0.4) is 0 Å². The van der Waals surface area contributed by atoms with Crippen LogP contribution in [-0.2, 0) is 9.59 Å².